The zero-order valence-electron chi connectivity index (χ0n) is 11.6. The first kappa shape index (κ1) is 15.0. The first-order valence-electron chi connectivity index (χ1n) is 6.37. The molecular weight excluding hydrogens is 274 g/mol. The van der Waals surface area contributed by atoms with Crippen molar-refractivity contribution < 1.29 is 19.1 Å². The van der Waals surface area contributed by atoms with Gasteiger partial charge in [-0.2, -0.15) is 0 Å². The predicted octanol–water partition coefficient (Wildman–Crippen LogP) is 0.605. The lowest BCUT2D eigenvalue weighted by atomic mass is 10.2. The molecular formula is C14H17N3O4. The predicted molar refractivity (Wildman–Crippen MR) is 74.7 cm³/mol. The third-order valence-electron chi connectivity index (χ3n) is 2.90. The minimum atomic E-state index is -0.735. The molecule has 0 saturated heterocycles. The summed E-state index contributed by atoms with van der Waals surface area (Å²) in [5, 5.41) is 11.6. The molecule has 0 aliphatic rings. The zero-order valence-corrected chi connectivity index (χ0v) is 11.6. The molecule has 1 heterocycles. The van der Waals surface area contributed by atoms with Crippen LogP contribution in [0.3, 0.4) is 0 Å². The Balaban J connectivity index is 2.00. The van der Waals surface area contributed by atoms with Crippen LogP contribution in [-0.2, 0) is 6.54 Å². The van der Waals surface area contributed by atoms with Gasteiger partial charge in [-0.15, -0.1) is 0 Å². The minimum absolute atomic E-state index is 0.115. The molecule has 21 heavy (non-hydrogen) atoms. The average molecular weight is 291 g/mol. The normalized spacial score (nSPS) is 12.0. The van der Waals surface area contributed by atoms with Crippen LogP contribution in [0.1, 0.15) is 28.0 Å². The molecule has 2 rings (SSSR count). The number of carbonyl (C=O) groups is 1. The van der Waals surface area contributed by atoms with Crippen LogP contribution in [0.5, 0.6) is 5.75 Å². The summed E-state index contributed by atoms with van der Waals surface area (Å²) in [5.74, 6) is 0.432. The highest BCUT2D eigenvalue weighted by Crippen LogP contribution is 2.17. The molecule has 0 fully saturated rings. The number of aliphatic hydroxyl groups is 1. The van der Waals surface area contributed by atoms with Gasteiger partial charge in [-0.05, 0) is 6.07 Å². The number of nitrogens with one attached hydrogen (secondary N) is 1. The highest BCUT2D eigenvalue weighted by Gasteiger charge is 2.16. The van der Waals surface area contributed by atoms with Gasteiger partial charge in [0.2, 0.25) is 5.89 Å². The molecule has 0 bridgehead atoms. The van der Waals surface area contributed by atoms with Gasteiger partial charge in [0.05, 0.1) is 13.7 Å². The molecule has 1 aromatic heterocycles. The van der Waals surface area contributed by atoms with Crippen LogP contribution >= 0.6 is 0 Å². The quantitative estimate of drug-likeness (QED) is 0.719. The SMILES string of the molecule is COc1ccccc1CNC(=O)c1coc(C(N)CO)n1. The number of nitrogens with two attached hydrogens (primary N) is 1. The Labute approximate surface area is 121 Å². The standard InChI is InChI=1S/C14H17N3O4/c1-20-12-5-3-2-4-9(12)6-16-13(19)11-8-21-14(17-11)10(15)7-18/h2-5,8,10,18H,6-7,15H2,1H3,(H,16,19). The average Bonchev–Trinajstić information content (AvgIpc) is 3.02. The van der Waals surface area contributed by atoms with Crippen LogP contribution < -0.4 is 15.8 Å². The Hall–Kier alpha value is -2.38. The summed E-state index contributed by atoms with van der Waals surface area (Å²) in [7, 11) is 1.57. The van der Waals surface area contributed by atoms with Crippen molar-refractivity contribution in [2.24, 2.45) is 5.73 Å². The maximum Gasteiger partial charge on any atom is 0.273 e. The molecule has 2 aromatic rings. The topological polar surface area (TPSA) is 111 Å². The van der Waals surface area contributed by atoms with Crippen molar-refractivity contribution >= 4 is 5.91 Å². The third-order valence-corrected chi connectivity index (χ3v) is 2.90. The maximum absolute atomic E-state index is 12.0. The van der Waals surface area contributed by atoms with Crippen LogP contribution in [0.4, 0.5) is 0 Å². The van der Waals surface area contributed by atoms with Crippen molar-refractivity contribution in [1.29, 1.82) is 0 Å². The van der Waals surface area contributed by atoms with E-state index in [0.717, 1.165) is 5.56 Å². The molecule has 1 atom stereocenters. The van der Waals surface area contributed by atoms with Gasteiger partial charge in [-0.3, -0.25) is 4.79 Å². The number of rotatable bonds is 6. The van der Waals surface area contributed by atoms with Crippen molar-refractivity contribution in [3.8, 4) is 5.75 Å². The van der Waals surface area contributed by atoms with Crippen molar-refractivity contribution in [2.45, 2.75) is 12.6 Å². The van der Waals surface area contributed by atoms with Gasteiger partial charge in [0.1, 0.15) is 18.1 Å². The Morgan fingerprint density at radius 1 is 1.52 bits per heavy atom. The number of ether oxygens (including phenoxy) is 1. The Bertz CT molecular complexity index is 612. The number of amides is 1. The minimum Gasteiger partial charge on any atom is -0.496 e. The summed E-state index contributed by atoms with van der Waals surface area (Å²) in [6.07, 6.45) is 1.21. The number of hydrogen-bond donors (Lipinski definition) is 3. The molecule has 7 nitrogen and oxygen atoms in total. The fourth-order valence-corrected chi connectivity index (χ4v) is 1.76. The van der Waals surface area contributed by atoms with Crippen LogP contribution in [0, 0.1) is 0 Å². The number of benzene rings is 1. The molecule has 0 radical (unpaired) electrons. The number of hydrogen-bond acceptors (Lipinski definition) is 6. The Morgan fingerprint density at radius 2 is 2.29 bits per heavy atom. The van der Waals surface area contributed by atoms with Crippen molar-refractivity contribution in [2.75, 3.05) is 13.7 Å². The van der Waals surface area contributed by atoms with Crippen LogP contribution in [0.25, 0.3) is 0 Å². The van der Waals surface area contributed by atoms with E-state index in [1.165, 1.54) is 6.26 Å². The number of nitrogens with zero attached hydrogens (tertiary/aromatic N) is 1. The lowest BCUT2D eigenvalue weighted by Crippen LogP contribution is -2.23. The van der Waals surface area contributed by atoms with Crippen molar-refractivity contribution in [1.82, 2.24) is 10.3 Å². The molecule has 1 aromatic carbocycles. The van der Waals surface area contributed by atoms with Crippen molar-refractivity contribution in [3.05, 3.63) is 47.7 Å². The van der Waals surface area contributed by atoms with Gasteiger partial charge >= 0.3 is 0 Å². The molecule has 1 unspecified atom stereocenters. The smallest absolute Gasteiger partial charge is 0.273 e. The summed E-state index contributed by atoms with van der Waals surface area (Å²) in [6.45, 7) is -0.000119. The van der Waals surface area contributed by atoms with E-state index in [-0.39, 0.29) is 24.1 Å². The van der Waals surface area contributed by atoms with E-state index in [1.54, 1.807) is 7.11 Å². The second-order valence-corrected chi connectivity index (χ2v) is 4.35. The summed E-state index contributed by atoms with van der Waals surface area (Å²) >= 11 is 0. The number of carbonyl (C=O) groups excluding carboxylic acids is 1. The van der Waals surface area contributed by atoms with Gasteiger partial charge in [0.15, 0.2) is 5.69 Å². The number of methoxy groups -OCH3 is 1. The third kappa shape index (κ3) is 3.59. The van der Waals surface area contributed by atoms with Gasteiger partial charge in [-0.1, -0.05) is 18.2 Å². The van der Waals surface area contributed by atoms with E-state index in [2.05, 4.69) is 10.3 Å². The molecule has 0 spiro atoms. The Kier molecular flexibility index (Phi) is 4.91. The highest BCUT2D eigenvalue weighted by atomic mass is 16.5. The number of oxazole rings is 1. The first-order valence-corrected chi connectivity index (χ1v) is 6.37. The fraction of sp³-hybridized carbons (Fsp3) is 0.286. The Morgan fingerprint density at radius 3 is 3.00 bits per heavy atom. The van der Waals surface area contributed by atoms with Gasteiger partial charge < -0.3 is 25.3 Å². The van der Waals surface area contributed by atoms with Gasteiger partial charge in [0.25, 0.3) is 5.91 Å². The monoisotopic (exact) mass is 291 g/mol. The molecule has 0 aliphatic carbocycles. The first-order chi connectivity index (χ1) is 10.2. The second kappa shape index (κ2) is 6.87. The molecule has 4 N–H and O–H groups in total. The molecule has 1 amide bonds. The summed E-state index contributed by atoms with van der Waals surface area (Å²) in [6, 6.07) is 6.65. The summed E-state index contributed by atoms with van der Waals surface area (Å²) in [5.41, 5.74) is 6.52. The molecule has 112 valence electrons. The fourth-order valence-electron chi connectivity index (χ4n) is 1.76. The van der Waals surface area contributed by atoms with Crippen LogP contribution in [-0.4, -0.2) is 29.7 Å². The van der Waals surface area contributed by atoms with Crippen LogP contribution in [0.15, 0.2) is 34.9 Å². The highest BCUT2D eigenvalue weighted by molar-refractivity contribution is 5.91. The lowest BCUT2D eigenvalue weighted by molar-refractivity contribution is 0.0945. The van der Waals surface area contributed by atoms with Crippen LogP contribution in [0.2, 0.25) is 0 Å². The second-order valence-electron chi connectivity index (χ2n) is 4.35. The van der Waals surface area contributed by atoms with E-state index in [4.69, 9.17) is 20.0 Å². The van der Waals surface area contributed by atoms with Crippen molar-refractivity contribution in [3.63, 3.8) is 0 Å². The van der Waals surface area contributed by atoms with Gasteiger partial charge in [0, 0.05) is 12.1 Å². The number of para-hydroxylation sites is 1. The summed E-state index contributed by atoms with van der Waals surface area (Å²) in [4.78, 5) is 15.9. The molecule has 0 aliphatic heterocycles. The number of aliphatic hydroxyl groups excluding tert-OH is 1. The maximum atomic E-state index is 12.0. The van der Waals surface area contributed by atoms with E-state index >= 15 is 0 Å². The van der Waals surface area contributed by atoms with Gasteiger partial charge in [-0.25, -0.2) is 4.98 Å². The number of aromatic nitrogens is 1. The van der Waals surface area contributed by atoms with E-state index in [0.29, 0.717) is 12.3 Å². The largest absolute Gasteiger partial charge is 0.496 e. The molecule has 0 saturated carbocycles. The zero-order chi connectivity index (χ0) is 15.2. The van der Waals surface area contributed by atoms with E-state index in [1.807, 2.05) is 24.3 Å². The van der Waals surface area contributed by atoms with E-state index in [9.17, 15) is 4.79 Å². The summed E-state index contributed by atoms with van der Waals surface area (Å²) < 4.78 is 10.3. The van der Waals surface area contributed by atoms with E-state index < -0.39 is 6.04 Å². The lowest BCUT2D eigenvalue weighted by Gasteiger charge is -2.08. The molecule has 7 heteroatoms.